The monoisotopic (exact) mass is 391 g/mol. The Bertz CT molecular complexity index is 873. The molecule has 2 amide bonds. The molecule has 1 N–H and O–H groups in total. The third-order valence-electron chi connectivity index (χ3n) is 5.89. The second-order valence-corrected chi connectivity index (χ2v) is 8.08. The lowest BCUT2D eigenvalue weighted by Gasteiger charge is -2.32. The standard InChI is InChI=1S/C24H29N3O2/c1-2-12-27-22-9-8-19(15-20(22)16-23(27)28)24(29)25-21-10-13-26(14-11-21)17-18-6-4-3-5-7-18/h3-9,15,21H,2,10-14,16-17H2,1H3,(H,25,29). The maximum Gasteiger partial charge on any atom is 0.251 e. The summed E-state index contributed by atoms with van der Waals surface area (Å²) >= 11 is 0. The molecule has 2 aromatic carbocycles. The van der Waals surface area contributed by atoms with E-state index in [2.05, 4.69) is 41.4 Å². The third kappa shape index (κ3) is 4.51. The molecule has 0 aromatic heterocycles. The number of benzene rings is 2. The number of anilines is 1. The van der Waals surface area contributed by atoms with Gasteiger partial charge in [0.25, 0.3) is 5.91 Å². The quantitative estimate of drug-likeness (QED) is 0.821. The number of hydrogen-bond acceptors (Lipinski definition) is 3. The highest BCUT2D eigenvalue weighted by Crippen LogP contribution is 2.30. The summed E-state index contributed by atoms with van der Waals surface area (Å²) in [5, 5.41) is 3.19. The molecule has 0 radical (unpaired) electrons. The molecule has 0 spiro atoms. The summed E-state index contributed by atoms with van der Waals surface area (Å²) in [4.78, 5) is 29.2. The first-order chi connectivity index (χ1) is 14.1. The van der Waals surface area contributed by atoms with Crippen molar-refractivity contribution in [2.75, 3.05) is 24.5 Å². The number of nitrogens with zero attached hydrogens (tertiary/aromatic N) is 2. The van der Waals surface area contributed by atoms with Gasteiger partial charge in [0.05, 0.1) is 6.42 Å². The lowest BCUT2D eigenvalue weighted by Crippen LogP contribution is -2.44. The fourth-order valence-corrected chi connectivity index (χ4v) is 4.34. The summed E-state index contributed by atoms with van der Waals surface area (Å²) in [6, 6.07) is 16.4. The molecule has 0 atom stereocenters. The van der Waals surface area contributed by atoms with E-state index in [-0.39, 0.29) is 17.9 Å². The lowest BCUT2D eigenvalue weighted by atomic mass is 10.0. The molecular formula is C24H29N3O2. The highest BCUT2D eigenvalue weighted by Gasteiger charge is 2.28. The summed E-state index contributed by atoms with van der Waals surface area (Å²) in [5.74, 6) is 0.0981. The molecule has 2 aliphatic heterocycles. The number of piperidine rings is 1. The van der Waals surface area contributed by atoms with Gasteiger partial charge in [0, 0.05) is 43.5 Å². The smallest absolute Gasteiger partial charge is 0.251 e. The summed E-state index contributed by atoms with van der Waals surface area (Å²) in [5.41, 5.74) is 3.91. The van der Waals surface area contributed by atoms with E-state index in [4.69, 9.17) is 0 Å². The Labute approximate surface area is 172 Å². The van der Waals surface area contributed by atoms with Crippen LogP contribution in [0, 0.1) is 0 Å². The Morgan fingerprint density at radius 3 is 2.59 bits per heavy atom. The van der Waals surface area contributed by atoms with Crippen LogP contribution < -0.4 is 10.2 Å². The zero-order valence-electron chi connectivity index (χ0n) is 17.1. The SMILES string of the molecule is CCCN1C(=O)Cc2cc(C(=O)NC3CCN(Cc4ccccc4)CC3)ccc21. The van der Waals surface area contributed by atoms with Crippen LogP contribution in [0.3, 0.4) is 0 Å². The topological polar surface area (TPSA) is 52.7 Å². The Morgan fingerprint density at radius 1 is 1.10 bits per heavy atom. The first-order valence-electron chi connectivity index (χ1n) is 10.6. The molecule has 29 heavy (non-hydrogen) atoms. The van der Waals surface area contributed by atoms with Gasteiger partial charge in [-0.1, -0.05) is 37.3 Å². The van der Waals surface area contributed by atoms with Gasteiger partial charge >= 0.3 is 0 Å². The molecule has 0 saturated carbocycles. The minimum absolute atomic E-state index is 0.0318. The Kier molecular flexibility index (Phi) is 5.95. The van der Waals surface area contributed by atoms with Crippen LogP contribution in [0.25, 0.3) is 0 Å². The van der Waals surface area contributed by atoms with E-state index in [1.165, 1.54) is 5.56 Å². The maximum atomic E-state index is 12.8. The van der Waals surface area contributed by atoms with Crippen molar-refractivity contribution in [3.8, 4) is 0 Å². The van der Waals surface area contributed by atoms with Crippen molar-refractivity contribution in [1.29, 1.82) is 0 Å². The van der Waals surface area contributed by atoms with Gasteiger partial charge in [-0.25, -0.2) is 0 Å². The molecule has 2 heterocycles. The average Bonchev–Trinajstić information content (AvgIpc) is 3.05. The Morgan fingerprint density at radius 2 is 1.86 bits per heavy atom. The molecule has 1 saturated heterocycles. The van der Waals surface area contributed by atoms with Gasteiger partial charge in [-0.15, -0.1) is 0 Å². The predicted octanol–water partition coefficient (Wildman–Crippen LogP) is 3.38. The summed E-state index contributed by atoms with van der Waals surface area (Å²) in [6.45, 7) is 5.75. The molecule has 2 aliphatic rings. The zero-order valence-corrected chi connectivity index (χ0v) is 17.1. The van der Waals surface area contributed by atoms with E-state index in [0.29, 0.717) is 12.0 Å². The minimum Gasteiger partial charge on any atom is -0.349 e. The molecule has 1 fully saturated rings. The molecule has 0 aliphatic carbocycles. The van der Waals surface area contributed by atoms with E-state index in [9.17, 15) is 9.59 Å². The van der Waals surface area contributed by atoms with Gasteiger partial charge in [0.15, 0.2) is 0 Å². The highest BCUT2D eigenvalue weighted by molar-refractivity contribution is 6.03. The Hall–Kier alpha value is -2.66. The van der Waals surface area contributed by atoms with Crippen molar-refractivity contribution in [3.05, 3.63) is 65.2 Å². The summed E-state index contributed by atoms with van der Waals surface area (Å²) < 4.78 is 0. The fourth-order valence-electron chi connectivity index (χ4n) is 4.34. The van der Waals surface area contributed by atoms with Crippen LogP contribution in [0.5, 0.6) is 0 Å². The van der Waals surface area contributed by atoms with Crippen LogP contribution in [0.1, 0.15) is 47.7 Å². The van der Waals surface area contributed by atoms with Crippen molar-refractivity contribution in [3.63, 3.8) is 0 Å². The number of fused-ring (bicyclic) bond motifs is 1. The van der Waals surface area contributed by atoms with Crippen molar-refractivity contribution >= 4 is 17.5 Å². The van der Waals surface area contributed by atoms with Gasteiger partial charge < -0.3 is 10.2 Å². The first-order valence-corrected chi connectivity index (χ1v) is 10.6. The molecule has 0 unspecified atom stereocenters. The molecule has 5 heteroatoms. The van der Waals surface area contributed by atoms with Crippen LogP contribution in [-0.4, -0.2) is 42.4 Å². The minimum atomic E-state index is -0.0318. The van der Waals surface area contributed by atoms with Gasteiger partial charge in [0.1, 0.15) is 0 Å². The second-order valence-electron chi connectivity index (χ2n) is 8.08. The number of hydrogen-bond donors (Lipinski definition) is 1. The predicted molar refractivity (Wildman–Crippen MR) is 115 cm³/mol. The molecule has 0 bridgehead atoms. The molecule has 152 valence electrons. The van der Waals surface area contributed by atoms with Crippen molar-refractivity contribution < 1.29 is 9.59 Å². The van der Waals surface area contributed by atoms with Crippen LogP contribution in [0.15, 0.2) is 48.5 Å². The molecule has 5 nitrogen and oxygen atoms in total. The first kappa shape index (κ1) is 19.6. The molecular weight excluding hydrogens is 362 g/mol. The van der Waals surface area contributed by atoms with Crippen LogP contribution in [0.4, 0.5) is 5.69 Å². The largest absolute Gasteiger partial charge is 0.349 e. The van der Waals surface area contributed by atoms with Crippen LogP contribution >= 0.6 is 0 Å². The van der Waals surface area contributed by atoms with E-state index >= 15 is 0 Å². The molecule has 4 rings (SSSR count). The highest BCUT2D eigenvalue weighted by atomic mass is 16.2. The zero-order chi connectivity index (χ0) is 20.2. The fraction of sp³-hybridized carbons (Fsp3) is 0.417. The summed E-state index contributed by atoms with van der Waals surface area (Å²) in [7, 11) is 0. The number of rotatable bonds is 6. The number of carbonyl (C=O) groups is 2. The van der Waals surface area contributed by atoms with Crippen LogP contribution in [-0.2, 0) is 17.8 Å². The maximum absolute atomic E-state index is 12.8. The Balaban J connectivity index is 1.31. The normalized spacial score (nSPS) is 17.4. The van der Waals surface area contributed by atoms with Gasteiger partial charge in [0.2, 0.25) is 5.91 Å². The number of amides is 2. The number of carbonyl (C=O) groups excluding carboxylic acids is 2. The number of likely N-dealkylation sites (tertiary alicyclic amines) is 1. The average molecular weight is 392 g/mol. The number of nitrogens with one attached hydrogen (secondary N) is 1. The van der Waals surface area contributed by atoms with Crippen molar-refractivity contribution in [2.45, 2.75) is 45.2 Å². The van der Waals surface area contributed by atoms with E-state index in [0.717, 1.165) is 56.7 Å². The van der Waals surface area contributed by atoms with Gasteiger partial charge in [-0.05, 0) is 48.6 Å². The van der Waals surface area contributed by atoms with E-state index in [1.807, 2.05) is 29.2 Å². The second kappa shape index (κ2) is 8.78. The van der Waals surface area contributed by atoms with Gasteiger partial charge in [-0.3, -0.25) is 14.5 Å². The summed E-state index contributed by atoms with van der Waals surface area (Å²) in [6.07, 6.45) is 3.25. The van der Waals surface area contributed by atoms with E-state index in [1.54, 1.807) is 0 Å². The van der Waals surface area contributed by atoms with Crippen molar-refractivity contribution in [1.82, 2.24) is 10.2 Å². The van der Waals surface area contributed by atoms with Crippen molar-refractivity contribution in [2.24, 2.45) is 0 Å². The van der Waals surface area contributed by atoms with E-state index < -0.39 is 0 Å². The third-order valence-corrected chi connectivity index (χ3v) is 5.89. The molecule has 2 aromatic rings. The van der Waals surface area contributed by atoms with Gasteiger partial charge in [-0.2, -0.15) is 0 Å². The van der Waals surface area contributed by atoms with Crippen LogP contribution in [0.2, 0.25) is 0 Å². The lowest BCUT2D eigenvalue weighted by molar-refractivity contribution is -0.117.